The summed E-state index contributed by atoms with van der Waals surface area (Å²) in [4.78, 5) is 16.5. The summed E-state index contributed by atoms with van der Waals surface area (Å²) in [5.74, 6) is 7.66. The summed E-state index contributed by atoms with van der Waals surface area (Å²) < 4.78 is 11.0. The summed E-state index contributed by atoms with van der Waals surface area (Å²) in [5, 5.41) is 3.81. The van der Waals surface area contributed by atoms with Crippen molar-refractivity contribution in [2.45, 2.75) is 40.0 Å². The fraction of sp³-hybridized carbons (Fsp3) is 0.579. The van der Waals surface area contributed by atoms with Crippen LogP contribution < -0.4 is 21.6 Å². The molecule has 2 rings (SSSR count). The first kappa shape index (κ1) is 20.8. The highest BCUT2D eigenvalue weighted by Gasteiger charge is 2.19. The Labute approximate surface area is 160 Å². The number of pyridine rings is 1. The molecule has 0 atom stereocenters. The normalized spacial score (nSPS) is 15.0. The molecule has 0 aliphatic heterocycles. The van der Waals surface area contributed by atoms with Crippen LogP contribution in [0.2, 0.25) is 0 Å². The average Bonchev–Trinajstić information content (AvgIpc) is 2.56. The van der Waals surface area contributed by atoms with E-state index in [2.05, 4.69) is 10.3 Å². The molecular formula is C19H31N5O3. The molecule has 5 N–H and O–H groups in total. The number of nitrogens with one attached hydrogen (secondary N) is 1. The van der Waals surface area contributed by atoms with Gasteiger partial charge in [0, 0.05) is 7.05 Å². The number of nitrogens with two attached hydrogens (primary N) is 2. The first-order valence-electron chi connectivity index (χ1n) is 9.30. The van der Waals surface area contributed by atoms with Gasteiger partial charge in [0.2, 0.25) is 0 Å². The van der Waals surface area contributed by atoms with Crippen molar-refractivity contribution in [1.29, 1.82) is 0 Å². The fourth-order valence-electron chi connectivity index (χ4n) is 2.56. The van der Waals surface area contributed by atoms with Gasteiger partial charge >= 0.3 is 6.09 Å². The zero-order chi connectivity index (χ0) is 20.0. The average molecular weight is 377 g/mol. The summed E-state index contributed by atoms with van der Waals surface area (Å²) in [6.45, 7) is 6.79. The number of aryl methyl sites for hydroxylation is 1. The molecule has 150 valence electrons. The van der Waals surface area contributed by atoms with Gasteiger partial charge in [-0.25, -0.2) is 15.6 Å². The lowest BCUT2D eigenvalue weighted by atomic mass is 9.86. The molecule has 1 fully saturated rings. The summed E-state index contributed by atoms with van der Waals surface area (Å²) in [6, 6.07) is 3.59. The fourth-order valence-corrected chi connectivity index (χ4v) is 2.56. The zero-order valence-corrected chi connectivity index (χ0v) is 16.6. The molecular weight excluding hydrogens is 346 g/mol. The van der Waals surface area contributed by atoms with Crippen LogP contribution in [0.1, 0.15) is 44.5 Å². The highest BCUT2D eigenvalue weighted by molar-refractivity contribution is 5.74. The highest BCUT2D eigenvalue weighted by atomic mass is 16.5. The van der Waals surface area contributed by atoms with Crippen LogP contribution in [0.25, 0.3) is 5.70 Å². The topological polar surface area (TPSA) is 116 Å². The SMILES string of the molecule is Cc1nc(/C(N)=C(\NC(=O)OCC(C)C)N(C)N)ccc1OCC1CCC1. The summed E-state index contributed by atoms with van der Waals surface area (Å²) >= 11 is 0. The lowest BCUT2D eigenvalue weighted by Crippen LogP contribution is -2.39. The second-order valence-corrected chi connectivity index (χ2v) is 7.38. The van der Waals surface area contributed by atoms with E-state index >= 15 is 0 Å². The molecule has 8 nitrogen and oxygen atoms in total. The molecule has 1 amide bonds. The van der Waals surface area contributed by atoms with Crippen LogP contribution in [0.3, 0.4) is 0 Å². The molecule has 1 aliphatic carbocycles. The van der Waals surface area contributed by atoms with Gasteiger partial charge in [0.25, 0.3) is 0 Å². The minimum atomic E-state index is -0.615. The summed E-state index contributed by atoms with van der Waals surface area (Å²) in [5.41, 5.74) is 7.68. The van der Waals surface area contributed by atoms with Gasteiger partial charge in [-0.2, -0.15) is 0 Å². The Morgan fingerprint density at radius 1 is 1.41 bits per heavy atom. The van der Waals surface area contributed by atoms with Gasteiger partial charge < -0.3 is 15.2 Å². The van der Waals surface area contributed by atoms with Crippen LogP contribution in [-0.2, 0) is 4.74 Å². The van der Waals surface area contributed by atoms with Crippen LogP contribution in [-0.4, -0.2) is 36.3 Å². The number of hydrogen-bond acceptors (Lipinski definition) is 7. The number of aromatic nitrogens is 1. The molecule has 0 bridgehead atoms. The number of hydrogen-bond donors (Lipinski definition) is 3. The lowest BCUT2D eigenvalue weighted by Gasteiger charge is -2.25. The number of hydrazine groups is 1. The molecule has 0 saturated heterocycles. The van der Waals surface area contributed by atoms with E-state index in [9.17, 15) is 4.79 Å². The largest absolute Gasteiger partial charge is 0.491 e. The van der Waals surface area contributed by atoms with E-state index in [0.717, 1.165) is 11.4 Å². The van der Waals surface area contributed by atoms with E-state index in [1.807, 2.05) is 26.8 Å². The van der Waals surface area contributed by atoms with Gasteiger partial charge in [0.15, 0.2) is 5.82 Å². The molecule has 1 heterocycles. The van der Waals surface area contributed by atoms with Crippen molar-refractivity contribution in [3.05, 3.63) is 29.3 Å². The number of ether oxygens (including phenoxy) is 2. The molecule has 1 saturated carbocycles. The predicted molar refractivity (Wildman–Crippen MR) is 104 cm³/mol. The molecule has 1 aromatic heterocycles. The number of alkyl carbamates (subject to hydrolysis) is 1. The van der Waals surface area contributed by atoms with Crippen LogP contribution in [0.15, 0.2) is 18.0 Å². The monoisotopic (exact) mass is 377 g/mol. The van der Waals surface area contributed by atoms with Crippen LogP contribution in [0.4, 0.5) is 4.79 Å². The van der Waals surface area contributed by atoms with Crippen LogP contribution in [0.5, 0.6) is 5.75 Å². The van der Waals surface area contributed by atoms with Gasteiger partial charge in [0.1, 0.15) is 11.4 Å². The van der Waals surface area contributed by atoms with Gasteiger partial charge in [-0.1, -0.05) is 20.3 Å². The van der Waals surface area contributed by atoms with Crippen molar-refractivity contribution < 1.29 is 14.3 Å². The van der Waals surface area contributed by atoms with Crippen molar-refractivity contribution in [2.24, 2.45) is 23.4 Å². The van der Waals surface area contributed by atoms with Crippen LogP contribution in [0, 0.1) is 18.8 Å². The second kappa shape index (κ2) is 9.45. The van der Waals surface area contributed by atoms with Gasteiger partial charge in [-0.15, -0.1) is 0 Å². The minimum Gasteiger partial charge on any atom is -0.491 e. The molecule has 27 heavy (non-hydrogen) atoms. The Morgan fingerprint density at radius 3 is 2.63 bits per heavy atom. The van der Waals surface area contributed by atoms with Gasteiger partial charge in [-0.05, 0) is 43.7 Å². The first-order valence-corrected chi connectivity index (χ1v) is 9.30. The van der Waals surface area contributed by atoms with Gasteiger partial charge in [-0.3, -0.25) is 10.3 Å². The number of carbonyl (C=O) groups excluding carboxylic acids is 1. The number of rotatable bonds is 8. The molecule has 0 unspecified atom stereocenters. The summed E-state index contributed by atoms with van der Waals surface area (Å²) in [7, 11) is 1.58. The lowest BCUT2D eigenvalue weighted by molar-refractivity contribution is 0.133. The Bertz CT molecular complexity index is 684. The molecule has 0 spiro atoms. The standard InChI is InChI=1S/C19H31N5O3/c1-12(2)10-27-19(25)23-18(24(4)21)17(20)15-8-9-16(13(3)22-15)26-11-14-6-5-7-14/h8-9,12,14H,5-7,10-11,20-21H2,1-4H3,(H,23,25)/b18-17-. The third-order valence-electron chi connectivity index (χ3n) is 4.39. The van der Waals surface area contributed by atoms with E-state index < -0.39 is 6.09 Å². The molecule has 0 aromatic carbocycles. The van der Waals surface area contributed by atoms with E-state index in [1.165, 1.54) is 24.3 Å². The highest BCUT2D eigenvalue weighted by Crippen LogP contribution is 2.28. The van der Waals surface area contributed by atoms with E-state index in [4.69, 9.17) is 21.1 Å². The van der Waals surface area contributed by atoms with E-state index in [0.29, 0.717) is 24.8 Å². The molecule has 1 aliphatic rings. The maximum absolute atomic E-state index is 12.0. The maximum Gasteiger partial charge on any atom is 0.412 e. The molecule has 8 heteroatoms. The Hall–Kier alpha value is -2.48. The van der Waals surface area contributed by atoms with Crippen molar-refractivity contribution >= 4 is 11.8 Å². The number of amides is 1. The Balaban J connectivity index is 2.11. The van der Waals surface area contributed by atoms with Crippen LogP contribution >= 0.6 is 0 Å². The summed E-state index contributed by atoms with van der Waals surface area (Å²) in [6.07, 6.45) is 3.12. The maximum atomic E-state index is 12.0. The van der Waals surface area contributed by atoms with Crippen molar-refractivity contribution in [2.75, 3.05) is 20.3 Å². The third-order valence-corrected chi connectivity index (χ3v) is 4.39. The van der Waals surface area contributed by atoms with Crippen molar-refractivity contribution in [3.8, 4) is 5.75 Å². The number of nitrogens with zero attached hydrogens (tertiary/aromatic N) is 2. The quantitative estimate of drug-likeness (QED) is 0.470. The van der Waals surface area contributed by atoms with E-state index in [1.54, 1.807) is 13.1 Å². The first-order chi connectivity index (χ1) is 12.8. The minimum absolute atomic E-state index is 0.221. The van der Waals surface area contributed by atoms with Crippen molar-refractivity contribution in [1.82, 2.24) is 15.3 Å². The van der Waals surface area contributed by atoms with Crippen molar-refractivity contribution in [3.63, 3.8) is 0 Å². The smallest absolute Gasteiger partial charge is 0.412 e. The van der Waals surface area contributed by atoms with E-state index in [-0.39, 0.29) is 17.4 Å². The van der Waals surface area contributed by atoms with Gasteiger partial charge in [0.05, 0.1) is 24.6 Å². The second-order valence-electron chi connectivity index (χ2n) is 7.38. The number of carbonyl (C=O) groups is 1. The molecule has 1 aromatic rings. The third kappa shape index (κ3) is 6.02. The Morgan fingerprint density at radius 2 is 2.11 bits per heavy atom. The Kier molecular flexibility index (Phi) is 7.29. The molecule has 0 radical (unpaired) electrons. The zero-order valence-electron chi connectivity index (χ0n) is 16.6. The predicted octanol–water partition coefficient (Wildman–Crippen LogP) is 2.34.